The van der Waals surface area contributed by atoms with Crippen LogP contribution in [0.25, 0.3) is 0 Å². The Bertz CT molecular complexity index is 582. The van der Waals surface area contributed by atoms with Crippen molar-refractivity contribution in [3.63, 3.8) is 0 Å². The monoisotopic (exact) mass is 297 g/mol. The molecule has 1 aromatic rings. The smallest absolute Gasteiger partial charge is 0.328 e. The maximum Gasteiger partial charge on any atom is 0.328 e. The van der Waals surface area contributed by atoms with E-state index in [0.717, 1.165) is 25.3 Å². The lowest BCUT2D eigenvalue weighted by Crippen LogP contribution is -2.32. The third-order valence-electron chi connectivity index (χ3n) is 4.62. The van der Waals surface area contributed by atoms with Crippen molar-refractivity contribution in [2.24, 2.45) is 17.6 Å². The molecule has 0 spiro atoms. The molecule has 21 heavy (non-hydrogen) atoms. The summed E-state index contributed by atoms with van der Waals surface area (Å²) in [7, 11) is 0. The minimum absolute atomic E-state index is 0.0421. The summed E-state index contributed by atoms with van der Waals surface area (Å²) in [5.74, 6) is -1.17. The van der Waals surface area contributed by atoms with Crippen molar-refractivity contribution in [3.05, 3.63) is 33.9 Å². The Kier molecular flexibility index (Phi) is 3.52. The van der Waals surface area contributed by atoms with Gasteiger partial charge in [0.1, 0.15) is 11.5 Å². The van der Waals surface area contributed by atoms with Crippen LogP contribution in [0.1, 0.15) is 19.3 Å². The van der Waals surface area contributed by atoms with Crippen molar-refractivity contribution in [1.82, 2.24) is 0 Å². The highest BCUT2D eigenvalue weighted by Crippen LogP contribution is 2.41. The van der Waals surface area contributed by atoms with E-state index in [-0.39, 0.29) is 11.7 Å². The fourth-order valence-corrected chi connectivity index (χ4v) is 3.64. The SMILES string of the molecule is NC1CC[C@@H]2CN(c3cc(F)cc(F)c3[N+](=O)[O-])C[C@@H]2C1. The second-order valence-electron chi connectivity index (χ2n) is 6.01. The number of fused-ring (bicyclic) bond motifs is 1. The van der Waals surface area contributed by atoms with Crippen LogP contribution in [0.4, 0.5) is 20.2 Å². The summed E-state index contributed by atoms with van der Waals surface area (Å²) >= 11 is 0. The van der Waals surface area contributed by atoms with Gasteiger partial charge in [0.15, 0.2) is 0 Å². The van der Waals surface area contributed by atoms with E-state index in [1.807, 2.05) is 0 Å². The van der Waals surface area contributed by atoms with E-state index in [0.29, 0.717) is 31.0 Å². The van der Waals surface area contributed by atoms with E-state index >= 15 is 0 Å². The number of nitro benzene ring substituents is 1. The Morgan fingerprint density at radius 3 is 2.67 bits per heavy atom. The van der Waals surface area contributed by atoms with Gasteiger partial charge < -0.3 is 10.6 Å². The van der Waals surface area contributed by atoms with Crippen molar-refractivity contribution in [1.29, 1.82) is 0 Å². The van der Waals surface area contributed by atoms with Crippen molar-refractivity contribution < 1.29 is 13.7 Å². The molecule has 2 N–H and O–H groups in total. The molecule has 3 atom stereocenters. The molecule has 0 aromatic heterocycles. The zero-order valence-corrected chi connectivity index (χ0v) is 11.5. The van der Waals surface area contributed by atoms with Crippen molar-refractivity contribution in [2.75, 3.05) is 18.0 Å². The molecule has 1 heterocycles. The number of nitro groups is 1. The Hall–Kier alpha value is -1.76. The Morgan fingerprint density at radius 1 is 1.24 bits per heavy atom. The lowest BCUT2D eigenvalue weighted by molar-refractivity contribution is -0.386. The minimum Gasteiger partial charge on any atom is -0.365 e. The van der Waals surface area contributed by atoms with Crippen LogP contribution in [-0.2, 0) is 0 Å². The van der Waals surface area contributed by atoms with Gasteiger partial charge in [-0.15, -0.1) is 0 Å². The van der Waals surface area contributed by atoms with Gasteiger partial charge in [-0.1, -0.05) is 0 Å². The summed E-state index contributed by atoms with van der Waals surface area (Å²) in [4.78, 5) is 12.0. The largest absolute Gasteiger partial charge is 0.365 e. The van der Waals surface area contributed by atoms with Crippen LogP contribution in [0.15, 0.2) is 12.1 Å². The number of nitrogens with zero attached hydrogens (tertiary/aromatic N) is 2. The van der Waals surface area contributed by atoms with Crippen molar-refractivity contribution in [3.8, 4) is 0 Å². The summed E-state index contributed by atoms with van der Waals surface area (Å²) in [6.07, 6.45) is 2.77. The molecule has 0 bridgehead atoms. The van der Waals surface area contributed by atoms with Crippen LogP contribution in [0.2, 0.25) is 0 Å². The first-order valence-corrected chi connectivity index (χ1v) is 7.09. The van der Waals surface area contributed by atoms with Crippen LogP contribution >= 0.6 is 0 Å². The van der Waals surface area contributed by atoms with Crippen LogP contribution in [-0.4, -0.2) is 24.1 Å². The van der Waals surface area contributed by atoms with E-state index in [9.17, 15) is 18.9 Å². The van der Waals surface area contributed by atoms with E-state index in [1.54, 1.807) is 4.90 Å². The number of rotatable bonds is 2. The average Bonchev–Trinajstić information content (AvgIpc) is 2.79. The molecule has 3 rings (SSSR count). The molecule has 1 saturated carbocycles. The van der Waals surface area contributed by atoms with Crippen molar-refractivity contribution in [2.45, 2.75) is 25.3 Å². The third kappa shape index (κ3) is 2.57. The highest BCUT2D eigenvalue weighted by molar-refractivity contribution is 5.64. The predicted molar refractivity (Wildman–Crippen MR) is 74.0 cm³/mol. The molecule has 1 aromatic carbocycles. The summed E-state index contributed by atoms with van der Waals surface area (Å²) in [6, 6.07) is 1.77. The normalized spacial score (nSPS) is 28.5. The fourth-order valence-electron chi connectivity index (χ4n) is 3.64. The molecule has 1 aliphatic carbocycles. The first-order valence-electron chi connectivity index (χ1n) is 7.09. The summed E-state index contributed by atoms with van der Waals surface area (Å²) in [5.41, 5.74) is 5.36. The third-order valence-corrected chi connectivity index (χ3v) is 4.62. The lowest BCUT2D eigenvalue weighted by atomic mass is 9.79. The van der Waals surface area contributed by atoms with E-state index in [1.165, 1.54) is 0 Å². The second kappa shape index (κ2) is 5.22. The van der Waals surface area contributed by atoms with E-state index in [2.05, 4.69) is 0 Å². The first kappa shape index (κ1) is 14.2. The molecular formula is C14H17F2N3O2. The van der Waals surface area contributed by atoms with Gasteiger partial charge in [0.2, 0.25) is 5.82 Å². The maximum atomic E-state index is 13.7. The van der Waals surface area contributed by atoms with Crippen molar-refractivity contribution >= 4 is 11.4 Å². The molecule has 1 unspecified atom stereocenters. The number of anilines is 1. The Labute approximate surface area is 120 Å². The Morgan fingerprint density at radius 2 is 1.95 bits per heavy atom. The van der Waals surface area contributed by atoms with Gasteiger partial charge in [0.25, 0.3) is 0 Å². The van der Waals surface area contributed by atoms with Gasteiger partial charge in [-0.05, 0) is 31.1 Å². The predicted octanol–water partition coefficient (Wildman–Crippen LogP) is 2.44. The number of hydrogen-bond acceptors (Lipinski definition) is 4. The summed E-state index contributed by atoms with van der Waals surface area (Å²) in [5, 5.41) is 11.1. The Balaban J connectivity index is 1.93. The zero-order valence-electron chi connectivity index (χ0n) is 11.5. The molecule has 114 valence electrons. The van der Waals surface area contributed by atoms with Crippen LogP contribution in [0.3, 0.4) is 0 Å². The molecule has 2 aliphatic rings. The van der Waals surface area contributed by atoms with Gasteiger partial charge in [-0.3, -0.25) is 10.1 Å². The minimum atomic E-state index is -1.12. The topological polar surface area (TPSA) is 72.4 Å². The van der Waals surface area contributed by atoms with Gasteiger partial charge in [-0.2, -0.15) is 4.39 Å². The second-order valence-corrected chi connectivity index (χ2v) is 6.01. The van der Waals surface area contributed by atoms with Gasteiger partial charge in [-0.25, -0.2) is 4.39 Å². The number of halogens is 2. The zero-order chi connectivity index (χ0) is 15.1. The number of benzene rings is 1. The standard InChI is InChI=1S/C14H17F2N3O2/c15-10-4-12(16)14(19(20)21)13(5-10)18-6-8-1-2-11(17)3-9(8)7-18/h4-5,8-9,11H,1-3,6-7,17H2/t8-,9+,11?/m1/s1. The highest BCUT2D eigenvalue weighted by atomic mass is 19.1. The van der Waals surface area contributed by atoms with Gasteiger partial charge in [0.05, 0.1) is 4.92 Å². The van der Waals surface area contributed by atoms with Crippen LogP contribution in [0, 0.1) is 33.6 Å². The summed E-state index contributed by atoms with van der Waals surface area (Å²) in [6.45, 7) is 1.17. The molecule has 0 amide bonds. The number of nitrogens with two attached hydrogens (primary N) is 1. The fraction of sp³-hybridized carbons (Fsp3) is 0.571. The summed E-state index contributed by atoms with van der Waals surface area (Å²) < 4.78 is 27.2. The maximum absolute atomic E-state index is 13.7. The molecule has 7 heteroatoms. The van der Waals surface area contributed by atoms with Crippen LogP contribution < -0.4 is 10.6 Å². The molecule has 1 saturated heterocycles. The first-order chi connectivity index (χ1) is 9.95. The molecule has 0 radical (unpaired) electrons. The quantitative estimate of drug-likeness (QED) is 0.672. The molecular weight excluding hydrogens is 280 g/mol. The molecule has 5 nitrogen and oxygen atoms in total. The molecule has 2 fully saturated rings. The number of hydrogen-bond donors (Lipinski definition) is 1. The van der Waals surface area contributed by atoms with E-state index in [4.69, 9.17) is 5.73 Å². The average molecular weight is 297 g/mol. The highest BCUT2D eigenvalue weighted by Gasteiger charge is 2.39. The van der Waals surface area contributed by atoms with Gasteiger partial charge >= 0.3 is 5.69 Å². The lowest BCUT2D eigenvalue weighted by Gasteiger charge is -2.27. The molecule has 1 aliphatic heterocycles. The van der Waals surface area contributed by atoms with Crippen LogP contribution in [0.5, 0.6) is 0 Å². The van der Waals surface area contributed by atoms with Gasteiger partial charge in [0, 0.05) is 31.3 Å². The van der Waals surface area contributed by atoms with E-state index < -0.39 is 22.2 Å².